The summed E-state index contributed by atoms with van der Waals surface area (Å²) in [5.41, 5.74) is 0.581. The van der Waals surface area contributed by atoms with Crippen LogP contribution in [0.2, 0.25) is 0 Å². The topological polar surface area (TPSA) is 76.0 Å². The van der Waals surface area contributed by atoms with E-state index in [2.05, 4.69) is 10.2 Å². The Morgan fingerprint density at radius 3 is 2.44 bits per heavy atom. The number of hydrogen-bond donors (Lipinski definition) is 4. The average Bonchev–Trinajstić information content (AvgIpc) is 2.33. The standard InChI is InChI=1S/C13H22N2O3/c1-15(2)8-4-3-7-14-9-10-5-6-11(16)13(18)12(10)17/h5-6,14,16-18H,3-4,7-9H2,1-2H3. The Balaban J connectivity index is 2.30. The first-order chi connectivity index (χ1) is 8.52. The van der Waals surface area contributed by atoms with Gasteiger partial charge in [-0.2, -0.15) is 0 Å². The molecule has 1 aromatic rings. The Morgan fingerprint density at radius 1 is 1.06 bits per heavy atom. The molecule has 18 heavy (non-hydrogen) atoms. The highest BCUT2D eigenvalue weighted by Gasteiger charge is 2.10. The fraction of sp³-hybridized carbons (Fsp3) is 0.538. The van der Waals surface area contributed by atoms with Crippen LogP contribution in [0.5, 0.6) is 17.2 Å². The first-order valence-corrected chi connectivity index (χ1v) is 6.10. The SMILES string of the molecule is CN(C)CCCCNCc1ccc(O)c(O)c1O. The van der Waals surface area contributed by atoms with Crippen molar-refractivity contribution in [2.75, 3.05) is 27.2 Å². The van der Waals surface area contributed by atoms with E-state index in [1.54, 1.807) is 6.07 Å². The van der Waals surface area contributed by atoms with E-state index in [-0.39, 0.29) is 11.5 Å². The maximum absolute atomic E-state index is 9.60. The van der Waals surface area contributed by atoms with Crippen LogP contribution in [0.15, 0.2) is 12.1 Å². The molecule has 1 aromatic carbocycles. The molecule has 0 radical (unpaired) electrons. The lowest BCUT2D eigenvalue weighted by atomic mass is 10.1. The van der Waals surface area contributed by atoms with Crippen molar-refractivity contribution in [3.63, 3.8) is 0 Å². The molecule has 0 bridgehead atoms. The highest BCUT2D eigenvalue weighted by Crippen LogP contribution is 2.36. The maximum atomic E-state index is 9.60. The van der Waals surface area contributed by atoms with Crippen LogP contribution < -0.4 is 5.32 Å². The van der Waals surface area contributed by atoms with Crippen molar-refractivity contribution in [2.45, 2.75) is 19.4 Å². The second-order valence-electron chi connectivity index (χ2n) is 4.63. The number of rotatable bonds is 7. The number of unbranched alkanes of at least 4 members (excludes halogenated alkanes) is 1. The summed E-state index contributed by atoms with van der Waals surface area (Å²) in [7, 11) is 4.09. The fourth-order valence-electron chi connectivity index (χ4n) is 1.65. The van der Waals surface area contributed by atoms with Crippen molar-refractivity contribution < 1.29 is 15.3 Å². The molecule has 1 rings (SSSR count). The molecule has 0 fully saturated rings. The molecular weight excluding hydrogens is 232 g/mol. The zero-order chi connectivity index (χ0) is 13.5. The number of hydrogen-bond acceptors (Lipinski definition) is 5. The number of nitrogens with one attached hydrogen (secondary N) is 1. The molecule has 0 aliphatic heterocycles. The molecule has 0 aromatic heterocycles. The summed E-state index contributed by atoms with van der Waals surface area (Å²) in [6, 6.07) is 2.97. The molecule has 0 saturated heterocycles. The largest absolute Gasteiger partial charge is 0.504 e. The summed E-state index contributed by atoms with van der Waals surface area (Å²) in [4.78, 5) is 2.14. The Kier molecular flexibility index (Phi) is 5.74. The summed E-state index contributed by atoms with van der Waals surface area (Å²) in [6.07, 6.45) is 2.18. The average molecular weight is 254 g/mol. The van der Waals surface area contributed by atoms with Crippen molar-refractivity contribution in [1.82, 2.24) is 10.2 Å². The van der Waals surface area contributed by atoms with Crippen LogP contribution in [0, 0.1) is 0 Å². The van der Waals surface area contributed by atoms with Gasteiger partial charge in [-0.05, 0) is 46.1 Å². The van der Waals surface area contributed by atoms with Gasteiger partial charge in [0.25, 0.3) is 0 Å². The number of phenols is 3. The molecule has 102 valence electrons. The number of aromatic hydroxyl groups is 3. The molecule has 0 unspecified atom stereocenters. The third kappa shape index (κ3) is 4.43. The van der Waals surface area contributed by atoms with Crippen LogP contribution in [-0.2, 0) is 6.54 Å². The number of benzene rings is 1. The van der Waals surface area contributed by atoms with Crippen LogP contribution >= 0.6 is 0 Å². The molecule has 0 aliphatic rings. The van der Waals surface area contributed by atoms with Crippen LogP contribution in [0.4, 0.5) is 0 Å². The molecule has 5 heteroatoms. The van der Waals surface area contributed by atoms with Gasteiger partial charge in [0.05, 0.1) is 0 Å². The monoisotopic (exact) mass is 254 g/mol. The third-order valence-corrected chi connectivity index (χ3v) is 2.74. The van der Waals surface area contributed by atoms with Crippen molar-refractivity contribution in [3.05, 3.63) is 17.7 Å². The summed E-state index contributed by atoms with van der Waals surface area (Å²) in [6.45, 7) is 2.39. The first kappa shape index (κ1) is 14.6. The van der Waals surface area contributed by atoms with Gasteiger partial charge in [0, 0.05) is 12.1 Å². The van der Waals surface area contributed by atoms with Gasteiger partial charge >= 0.3 is 0 Å². The Bertz CT molecular complexity index is 381. The van der Waals surface area contributed by atoms with Crippen LogP contribution in [0.25, 0.3) is 0 Å². The van der Waals surface area contributed by atoms with Crippen molar-refractivity contribution in [2.24, 2.45) is 0 Å². The minimum atomic E-state index is -0.457. The Hall–Kier alpha value is -1.46. The highest BCUT2D eigenvalue weighted by molar-refractivity contribution is 5.52. The first-order valence-electron chi connectivity index (χ1n) is 6.10. The number of phenolic OH excluding ortho intramolecular Hbond substituents is 3. The number of nitrogens with zero attached hydrogens (tertiary/aromatic N) is 1. The lowest BCUT2D eigenvalue weighted by molar-refractivity contribution is 0.363. The van der Waals surface area contributed by atoms with Gasteiger partial charge in [-0.25, -0.2) is 0 Å². The van der Waals surface area contributed by atoms with E-state index < -0.39 is 5.75 Å². The third-order valence-electron chi connectivity index (χ3n) is 2.74. The zero-order valence-corrected chi connectivity index (χ0v) is 11.0. The van der Waals surface area contributed by atoms with Gasteiger partial charge in [0.2, 0.25) is 5.75 Å². The second-order valence-corrected chi connectivity index (χ2v) is 4.63. The van der Waals surface area contributed by atoms with E-state index in [0.717, 1.165) is 25.9 Å². The summed E-state index contributed by atoms with van der Waals surface area (Å²) in [5, 5.41) is 31.3. The van der Waals surface area contributed by atoms with Crippen molar-refractivity contribution in [3.8, 4) is 17.2 Å². The Labute approximate surface area is 108 Å². The normalized spacial score (nSPS) is 11.1. The lowest BCUT2D eigenvalue weighted by Gasteiger charge is -2.10. The summed E-state index contributed by atoms with van der Waals surface area (Å²) in [5.74, 6) is -1.01. The predicted octanol–water partition coefficient (Wildman–Crippen LogP) is 1.23. The summed E-state index contributed by atoms with van der Waals surface area (Å²) >= 11 is 0. The van der Waals surface area contributed by atoms with Gasteiger partial charge in [0.1, 0.15) is 0 Å². The second kappa shape index (κ2) is 7.08. The molecule has 0 saturated carbocycles. The molecule has 5 nitrogen and oxygen atoms in total. The van der Waals surface area contributed by atoms with Crippen molar-refractivity contribution in [1.29, 1.82) is 0 Å². The molecular formula is C13H22N2O3. The molecule has 0 aliphatic carbocycles. The summed E-state index contributed by atoms with van der Waals surface area (Å²) < 4.78 is 0. The Morgan fingerprint density at radius 2 is 1.78 bits per heavy atom. The molecule has 0 amide bonds. The van der Waals surface area contributed by atoms with E-state index in [9.17, 15) is 15.3 Å². The smallest absolute Gasteiger partial charge is 0.200 e. The van der Waals surface area contributed by atoms with Gasteiger partial charge in [-0.15, -0.1) is 0 Å². The van der Waals surface area contributed by atoms with E-state index in [4.69, 9.17) is 0 Å². The van der Waals surface area contributed by atoms with E-state index in [1.807, 2.05) is 14.1 Å². The highest BCUT2D eigenvalue weighted by atomic mass is 16.3. The van der Waals surface area contributed by atoms with Crippen LogP contribution in [0.3, 0.4) is 0 Å². The predicted molar refractivity (Wildman–Crippen MR) is 70.9 cm³/mol. The quantitative estimate of drug-likeness (QED) is 0.435. The zero-order valence-electron chi connectivity index (χ0n) is 11.0. The molecule has 4 N–H and O–H groups in total. The van der Waals surface area contributed by atoms with E-state index in [0.29, 0.717) is 12.1 Å². The molecule has 0 spiro atoms. The molecule has 0 heterocycles. The van der Waals surface area contributed by atoms with Gasteiger partial charge < -0.3 is 25.5 Å². The van der Waals surface area contributed by atoms with E-state index in [1.165, 1.54) is 6.07 Å². The van der Waals surface area contributed by atoms with Crippen molar-refractivity contribution >= 4 is 0 Å². The van der Waals surface area contributed by atoms with Gasteiger partial charge in [-0.1, -0.05) is 6.07 Å². The minimum Gasteiger partial charge on any atom is -0.504 e. The maximum Gasteiger partial charge on any atom is 0.200 e. The minimum absolute atomic E-state index is 0.254. The molecule has 0 atom stereocenters. The van der Waals surface area contributed by atoms with Crippen LogP contribution in [-0.4, -0.2) is 47.4 Å². The van der Waals surface area contributed by atoms with Gasteiger partial charge in [0.15, 0.2) is 11.5 Å². The van der Waals surface area contributed by atoms with E-state index >= 15 is 0 Å². The van der Waals surface area contributed by atoms with Crippen LogP contribution in [0.1, 0.15) is 18.4 Å². The fourth-order valence-corrected chi connectivity index (χ4v) is 1.65. The van der Waals surface area contributed by atoms with Gasteiger partial charge in [-0.3, -0.25) is 0 Å². The lowest BCUT2D eigenvalue weighted by Crippen LogP contribution is -2.18.